The molecule has 1 aromatic rings. The molecule has 1 amide bonds. The Labute approximate surface area is 121 Å². The first-order valence-corrected chi connectivity index (χ1v) is 7.16. The summed E-state index contributed by atoms with van der Waals surface area (Å²) in [5.41, 5.74) is 1.37. The second-order valence-electron chi connectivity index (χ2n) is 5.84. The molecule has 20 heavy (non-hydrogen) atoms. The van der Waals surface area contributed by atoms with Gasteiger partial charge in [0.05, 0.1) is 0 Å². The monoisotopic (exact) mass is 279 g/mol. The number of fused-ring (bicyclic) bond motifs is 1. The second-order valence-corrected chi connectivity index (χ2v) is 5.84. The lowest BCUT2D eigenvalue weighted by molar-refractivity contribution is -0.133. The van der Waals surface area contributed by atoms with Gasteiger partial charge in [-0.3, -0.25) is 4.79 Å². The maximum Gasteiger partial charge on any atom is 0.248 e. The number of amides is 1. The number of carbonyl (C=O) groups is 1. The minimum absolute atomic E-state index is 0.0238. The van der Waals surface area contributed by atoms with Crippen LogP contribution in [0.3, 0.4) is 0 Å². The van der Waals surface area contributed by atoms with Gasteiger partial charge in [0.15, 0.2) is 0 Å². The summed E-state index contributed by atoms with van der Waals surface area (Å²) < 4.78 is 7.82. The minimum Gasteiger partial charge on any atom is -0.372 e. The molecule has 1 aliphatic rings. The van der Waals surface area contributed by atoms with Gasteiger partial charge in [0.25, 0.3) is 0 Å². The summed E-state index contributed by atoms with van der Waals surface area (Å²) in [4.78, 5) is 15.3. The predicted molar refractivity (Wildman–Crippen MR) is 78.4 cm³/mol. The highest BCUT2D eigenvalue weighted by atomic mass is 16.5. The van der Waals surface area contributed by atoms with Crippen molar-refractivity contribution in [3.05, 3.63) is 24.0 Å². The largest absolute Gasteiger partial charge is 0.372 e. The molecule has 1 aliphatic heterocycles. The smallest absolute Gasteiger partial charge is 0.248 e. The lowest BCUT2D eigenvalue weighted by Crippen LogP contribution is -2.28. The number of nitrogens with zero attached hydrogens (tertiary/aromatic N) is 3. The Morgan fingerprint density at radius 3 is 3.00 bits per heavy atom. The number of carbonyl (C=O) groups excluding carboxylic acids is 1. The molecule has 0 radical (unpaired) electrons. The third-order valence-corrected chi connectivity index (χ3v) is 3.77. The number of hydrogen-bond acceptors (Lipinski definition) is 3. The van der Waals surface area contributed by atoms with E-state index in [0.29, 0.717) is 12.5 Å². The summed E-state index contributed by atoms with van der Waals surface area (Å²) in [7, 11) is 5.66. The van der Waals surface area contributed by atoms with Crippen molar-refractivity contribution < 1.29 is 9.53 Å². The molecule has 0 saturated heterocycles. The fourth-order valence-electron chi connectivity index (χ4n) is 2.61. The Kier molecular flexibility index (Phi) is 5.20. The van der Waals surface area contributed by atoms with Crippen LogP contribution < -0.4 is 0 Å². The normalized spacial score (nSPS) is 19.4. The number of aromatic nitrogens is 1. The summed E-state index contributed by atoms with van der Waals surface area (Å²) in [6.07, 6.45) is 3.14. The second kappa shape index (κ2) is 6.90. The third kappa shape index (κ3) is 4.08. The number of hydrogen-bond donors (Lipinski definition) is 0. The summed E-state index contributed by atoms with van der Waals surface area (Å²) in [6.45, 7) is 3.95. The summed E-state index contributed by atoms with van der Waals surface area (Å²) in [6, 6.07) is 4.29. The highest BCUT2D eigenvalue weighted by Gasteiger charge is 2.19. The first-order chi connectivity index (χ1) is 9.56. The quantitative estimate of drug-likeness (QED) is 0.756. The first kappa shape index (κ1) is 15.1. The Bertz CT molecular complexity index is 442. The molecule has 0 spiro atoms. The lowest BCUT2D eigenvalue weighted by Gasteiger charge is -2.20. The van der Waals surface area contributed by atoms with E-state index in [1.54, 1.807) is 19.0 Å². The highest BCUT2D eigenvalue weighted by Crippen LogP contribution is 2.18. The molecule has 5 nitrogen and oxygen atoms in total. The first-order valence-electron chi connectivity index (χ1n) is 7.16. The van der Waals surface area contributed by atoms with Gasteiger partial charge in [0.1, 0.15) is 6.61 Å². The van der Waals surface area contributed by atoms with Crippen LogP contribution in [-0.2, 0) is 22.6 Å². The average molecular weight is 279 g/mol. The van der Waals surface area contributed by atoms with Gasteiger partial charge < -0.3 is 19.1 Å². The van der Waals surface area contributed by atoms with Crippen LogP contribution >= 0.6 is 0 Å². The van der Waals surface area contributed by atoms with Crippen LogP contribution in [0.5, 0.6) is 0 Å². The van der Waals surface area contributed by atoms with Gasteiger partial charge in [0.2, 0.25) is 5.91 Å². The zero-order valence-electron chi connectivity index (χ0n) is 12.7. The highest BCUT2D eigenvalue weighted by molar-refractivity contribution is 5.76. The van der Waals surface area contributed by atoms with Crippen LogP contribution in [0.15, 0.2) is 18.3 Å². The molecule has 0 saturated carbocycles. The fourth-order valence-corrected chi connectivity index (χ4v) is 2.61. The Balaban J connectivity index is 1.77. The van der Waals surface area contributed by atoms with Crippen LogP contribution in [0.4, 0.5) is 0 Å². The zero-order chi connectivity index (χ0) is 14.5. The van der Waals surface area contributed by atoms with Crippen LogP contribution in [-0.4, -0.2) is 61.2 Å². The predicted octanol–water partition coefficient (Wildman–Crippen LogP) is 1.04. The molecule has 0 aromatic carbocycles. The molecule has 0 N–H and O–H groups in total. The molecule has 0 unspecified atom stereocenters. The number of likely N-dealkylation sites (N-methyl/N-ethyl adjacent to an activating group) is 1. The molecule has 0 fully saturated rings. The van der Waals surface area contributed by atoms with E-state index in [-0.39, 0.29) is 12.5 Å². The molecule has 1 atom stereocenters. The molecule has 1 aromatic heterocycles. The zero-order valence-corrected chi connectivity index (χ0v) is 12.7. The molecular weight excluding hydrogens is 254 g/mol. The van der Waals surface area contributed by atoms with Gasteiger partial charge in [-0.15, -0.1) is 0 Å². The summed E-state index contributed by atoms with van der Waals surface area (Å²) >= 11 is 0. The van der Waals surface area contributed by atoms with Crippen molar-refractivity contribution in [2.45, 2.75) is 19.5 Å². The number of ether oxygens (including phenoxy) is 1. The van der Waals surface area contributed by atoms with E-state index in [9.17, 15) is 4.79 Å². The number of rotatable bonds is 5. The van der Waals surface area contributed by atoms with Gasteiger partial charge in [-0.05, 0) is 31.5 Å². The maximum atomic E-state index is 11.4. The molecule has 0 bridgehead atoms. The van der Waals surface area contributed by atoms with E-state index in [2.05, 4.69) is 34.8 Å². The molecule has 2 rings (SSSR count). The standard InChI is InChI=1S/C15H25N3O2/c1-16(2)15(19)12-20-8-6-13-9-17(3)11-14-5-4-7-18(14)10-13/h4-5,7,13H,6,8-12H2,1-3H3/t13-/m0/s1. The van der Waals surface area contributed by atoms with E-state index in [0.717, 1.165) is 26.1 Å². The van der Waals surface area contributed by atoms with E-state index >= 15 is 0 Å². The summed E-state index contributed by atoms with van der Waals surface area (Å²) in [5.74, 6) is 0.596. The SMILES string of the molecule is CN1Cc2cccn2C[C@@H](CCOCC(=O)N(C)C)C1. The average Bonchev–Trinajstić information content (AvgIpc) is 2.74. The third-order valence-electron chi connectivity index (χ3n) is 3.77. The lowest BCUT2D eigenvalue weighted by atomic mass is 10.1. The minimum atomic E-state index is 0.0238. The maximum absolute atomic E-state index is 11.4. The van der Waals surface area contributed by atoms with Gasteiger partial charge in [0, 0.05) is 52.2 Å². The van der Waals surface area contributed by atoms with Crippen LogP contribution in [0.1, 0.15) is 12.1 Å². The van der Waals surface area contributed by atoms with Crippen LogP contribution in [0, 0.1) is 5.92 Å². The van der Waals surface area contributed by atoms with Crippen molar-refractivity contribution in [3.63, 3.8) is 0 Å². The van der Waals surface area contributed by atoms with Crippen molar-refractivity contribution in [3.8, 4) is 0 Å². The van der Waals surface area contributed by atoms with Crippen molar-refractivity contribution >= 4 is 5.91 Å². The Morgan fingerprint density at radius 2 is 2.25 bits per heavy atom. The topological polar surface area (TPSA) is 37.7 Å². The van der Waals surface area contributed by atoms with Gasteiger partial charge in [-0.1, -0.05) is 0 Å². The van der Waals surface area contributed by atoms with Gasteiger partial charge in [-0.25, -0.2) is 0 Å². The fraction of sp³-hybridized carbons (Fsp3) is 0.667. The summed E-state index contributed by atoms with van der Waals surface area (Å²) in [5, 5.41) is 0. The Hall–Kier alpha value is -1.33. The van der Waals surface area contributed by atoms with E-state index in [4.69, 9.17) is 4.74 Å². The molecular formula is C15H25N3O2. The van der Waals surface area contributed by atoms with E-state index in [1.807, 2.05) is 0 Å². The molecule has 0 aliphatic carbocycles. The van der Waals surface area contributed by atoms with Crippen LogP contribution in [0.25, 0.3) is 0 Å². The van der Waals surface area contributed by atoms with Crippen molar-refractivity contribution in [2.24, 2.45) is 5.92 Å². The van der Waals surface area contributed by atoms with Crippen molar-refractivity contribution in [1.82, 2.24) is 14.4 Å². The molecule has 112 valence electrons. The van der Waals surface area contributed by atoms with Crippen LogP contribution in [0.2, 0.25) is 0 Å². The van der Waals surface area contributed by atoms with E-state index < -0.39 is 0 Å². The molecule has 2 heterocycles. The van der Waals surface area contributed by atoms with Gasteiger partial charge in [-0.2, -0.15) is 0 Å². The van der Waals surface area contributed by atoms with Crippen molar-refractivity contribution in [1.29, 1.82) is 0 Å². The molecule has 5 heteroatoms. The Morgan fingerprint density at radius 1 is 1.45 bits per heavy atom. The van der Waals surface area contributed by atoms with Gasteiger partial charge >= 0.3 is 0 Å². The van der Waals surface area contributed by atoms with Crippen molar-refractivity contribution in [2.75, 3.05) is 40.9 Å². The van der Waals surface area contributed by atoms with E-state index in [1.165, 1.54) is 5.69 Å².